The van der Waals surface area contributed by atoms with Gasteiger partial charge in [0.05, 0.1) is 16.6 Å². The van der Waals surface area contributed by atoms with Crippen LogP contribution >= 0.6 is 0 Å². The second-order valence-electron chi connectivity index (χ2n) is 8.59. The largest absolute Gasteiger partial charge is 0.371 e. The summed E-state index contributed by atoms with van der Waals surface area (Å²) in [6.45, 7) is 3.68. The molecule has 0 spiro atoms. The fourth-order valence-corrected chi connectivity index (χ4v) is 7.05. The number of sulfone groups is 1. The zero-order valence-electron chi connectivity index (χ0n) is 17.7. The van der Waals surface area contributed by atoms with Crippen molar-refractivity contribution in [1.82, 2.24) is 5.32 Å². The average Bonchev–Trinajstić information content (AvgIpc) is 2.78. The van der Waals surface area contributed by atoms with Crippen molar-refractivity contribution in [2.75, 3.05) is 24.5 Å². The van der Waals surface area contributed by atoms with E-state index in [9.17, 15) is 8.42 Å². The van der Waals surface area contributed by atoms with Crippen molar-refractivity contribution in [3.8, 4) is 6.07 Å². The van der Waals surface area contributed by atoms with E-state index in [1.807, 2.05) is 43.3 Å². The first-order chi connectivity index (χ1) is 14.9. The number of nitriles is 1. The van der Waals surface area contributed by atoms with Crippen LogP contribution in [0.25, 0.3) is 0 Å². The van der Waals surface area contributed by atoms with Crippen molar-refractivity contribution >= 4 is 15.5 Å². The number of hydrogen-bond acceptors (Lipinski definition) is 5. The number of rotatable bonds is 4. The van der Waals surface area contributed by atoms with Gasteiger partial charge in [-0.15, -0.1) is 0 Å². The molecule has 4 rings (SSSR count). The minimum atomic E-state index is -3.49. The fraction of sp³-hybridized carbons (Fsp3) is 0.458. The minimum absolute atomic E-state index is 0.0726. The zero-order chi connectivity index (χ0) is 22.0. The molecule has 0 aliphatic carbocycles. The van der Waals surface area contributed by atoms with Crippen molar-refractivity contribution < 1.29 is 12.8 Å². The Labute approximate surface area is 183 Å². The molecule has 2 aromatic carbocycles. The molecule has 1 N–H and O–H groups in total. The number of benzene rings is 2. The van der Waals surface area contributed by atoms with E-state index < -0.39 is 20.3 Å². The van der Waals surface area contributed by atoms with Crippen LogP contribution < -0.4 is 10.2 Å². The van der Waals surface area contributed by atoms with Gasteiger partial charge in [0.2, 0.25) is 0 Å². The smallest absolute Gasteiger partial charge is 0.163 e. The molecule has 2 unspecified atom stereocenters. The molecule has 5 nitrogen and oxygen atoms in total. The third kappa shape index (κ3) is 4.46. The van der Waals surface area contributed by atoms with Crippen LogP contribution in [0.5, 0.6) is 0 Å². The Kier molecular flexibility index (Phi) is 6.31. The Morgan fingerprint density at radius 2 is 1.87 bits per heavy atom. The zero-order valence-corrected chi connectivity index (χ0v) is 18.5. The summed E-state index contributed by atoms with van der Waals surface area (Å²) in [6.07, 6.45) is 1.71. The number of hydrogen-bond donors (Lipinski definition) is 1. The van der Waals surface area contributed by atoms with Gasteiger partial charge in [-0.1, -0.05) is 36.4 Å². The highest BCUT2D eigenvalue weighted by atomic mass is 32.2. The summed E-state index contributed by atoms with van der Waals surface area (Å²) >= 11 is 0. The van der Waals surface area contributed by atoms with Crippen molar-refractivity contribution in [3.63, 3.8) is 0 Å². The SMILES string of the molecule is C[C@@H]1NCC(c2ccccc2)S(=O)(=O)C1Cc1ccc(N2CCC(C#N)CC2)cc1F. The van der Waals surface area contributed by atoms with E-state index >= 15 is 4.39 Å². The molecule has 2 saturated heterocycles. The number of nitrogens with one attached hydrogen (secondary N) is 1. The summed E-state index contributed by atoms with van der Waals surface area (Å²) in [5, 5.41) is 11.0. The summed E-state index contributed by atoms with van der Waals surface area (Å²) in [5.74, 6) is -0.299. The molecule has 2 aliphatic rings. The molecule has 2 aliphatic heterocycles. The van der Waals surface area contributed by atoms with Gasteiger partial charge in [-0.3, -0.25) is 0 Å². The van der Waals surface area contributed by atoms with Crippen LogP contribution in [0.1, 0.15) is 36.1 Å². The van der Waals surface area contributed by atoms with Gasteiger partial charge in [0, 0.05) is 37.3 Å². The Bertz CT molecular complexity index is 1060. The van der Waals surface area contributed by atoms with Crippen LogP contribution in [0.2, 0.25) is 0 Å². The van der Waals surface area contributed by atoms with E-state index in [-0.39, 0.29) is 24.2 Å². The lowest BCUT2D eigenvalue weighted by atomic mass is 9.97. The maximum atomic E-state index is 15.0. The van der Waals surface area contributed by atoms with Crippen molar-refractivity contribution in [1.29, 1.82) is 5.26 Å². The summed E-state index contributed by atoms with van der Waals surface area (Å²) in [4.78, 5) is 2.09. The third-order valence-electron chi connectivity index (χ3n) is 6.67. The fourth-order valence-electron chi connectivity index (χ4n) is 4.69. The Balaban J connectivity index is 1.53. The highest BCUT2D eigenvalue weighted by Crippen LogP contribution is 2.33. The van der Waals surface area contributed by atoms with Crippen LogP contribution in [-0.4, -0.2) is 39.3 Å². The lowest BCUT2D eigenvalue weighted by Gasteiger charge is -2.36. The summed E-state index contributed by atoms with van der Waals surface area (Å²) < 4.78 is 41.8. The standard InChI is InChI=1S/C24H28FN3O2S/c1-17-23(31(29,30)24(16-27-17)19-5-3-2-4-6-19)13-20-7-8-21(14-22(20)25)28-11-9-18(15-26)10-12-28/h2-8,14,17-18,23-24,27H,9-13,16H2,1H3/t17-,23?,24?/m0/s1. The predicted molar refractivity (Wildman–Crippen MR) is 120 cm³/mol. The summed E-state index contributed by atoms with van der Waals surface area (Å²) in [7, 11) is -3.49. The van der Waals surface area contributed by atoms with Crippen molar-refractivity contribution in [3.05, 3.63) is 65.5 Å². The highest BCUT2D eigenvalue weighted by Gasteiger charge is 2.42. The van der Waals surface area contributed by atoms with Gasteiger partial charge in [0.1, 0.15) is 5.82 Å². The number of piperidine rings is 1. The predicted octanol–water partition coefficient (Wildman–Crippen LogP) is 3.62. The van der Waals surface area contributed by atoms with Crippen LogP contribution in [0.15, 0.2) is 48.5 Å². The van der Waals surface area contributed by atoms with Crippen molar-refractivity contribution in [2.45, 2.75) is 42.7 Å². The molecule has 0 aromatic heterocycles. The summed E-state index contributed by atoms with van der Waals surface area (Å²) in [5.41, 5.74) is 1.98. The quantitative estimate of drug-likeness (QED) is 0.785. The van der Waals surface area contributed by atoms with Gasteiger partial charge in [0.15, 0.2) is 9.84 Å². The Morgan fingerprint density at radius 1 is 1.16 bits per heavy atom. The lowest BCUT2D eigenvalue weighted by Crippen LogP contribution is -2.53. The maximum absolute atomic E-state index is 15.0. The molecule has 3 atom stereocenters. The van der Waals surface area contributed by atoms with E-state index in [4.69, 9.17) is 5.26 Å². The van der Waals surface area contributed by atoms with E-state index in [0.717, 1.165) is 37.2 Å². The number of nitrogens with zero attached hydrogens (tertiary/aromatic N) is 2. The van der Waals surface area contributed by atoms with Gasteiger partial charge in [-0.2, -0.15) is 5.26 Å². The molecule has 0 saturated carbocycles. The van der Waals surface area contributed by atoms with Gasteiger partial charge in [0.25, 0.3) is 0 Å². The molecule has 0 radical (unpaired) electrons. The first kappa shape index (κ1) is 21.8. The van der Waals surface area contributed by atoms with Gasteiger partial charge >= 0.3 is 0 Å². The van der Waals surface area contributed by atoms with Gasteiger partial charge in [-0.05, 0) is 49.4 Å². The molecule has 2 heterocycles. The molecule has 0 bridgehead atoms. The number of anilines is 1. The van der Waals surface area contributed by atoms with E-state index in [2.05, 4.69) is 16.3 Å². The second kappa shape index (κ2) is 8.97. The summed E-state index contributed by atoms with van der Waals surface area (Å²) in [6, 6.07) is 16.4. The molecule has 0 amide bonds. The maximum Gasteiger partial charge on any atom is 0.163 e. The Morgan fingerprint density at radius 3 is 2.52 bits per heavy atom. The molecule has 2 aromatic rings. The molecule has 2 fully saturated rings. The van der Waals surface area contributed by atoms with E-state index in [1.165, 1.54) is 6.07 Å². The molecular weight excluding hydrogens is 413 g/mol. The average molecular weight is 442 g/mol. The van der Waals surface area contributed by atoms with Gasteiger partial charge < -0.3 is 10.2 Å². The first-order valence-electron chi connectivity index (χ1n) is 10.8. The number of halogens is 1. The first-order valence-corrected chi connectivity index (χ1v) is 12.4. The lowest BCUT2D eigenvalue weighted by molar-refractivity contribution is 0.447. The van der Waals surface area contributed by atoms with Crippen LogP contribution in [-0.2, 0) is 16.3 Å². The Hall–Kier alpha value is -2.43. The third-order valence-corrected chi connectivity index (χ3v) is 9.32. The monoisotopic (exact) mass is 441 g/mol. The normalized spacial score (nSPS) is 26.4. The van der Waals surface area contributed by atoms with Crippen LogP contribution in [0.4, 0.5) is 10.1 Å². The highest BCUT2D eigenvalue weighted by molar-refractivity contribution is 7.92. The molecule has 164 valence electrons. The molecular formula is C24H28FN3O2S. The van der Waals surface area contributed by atoms with E-state index in [1.54, 1.807) is 6.07 Å². The topological polar surface area (TPSA) is 73.2 Å². The molecule has 7 heteroatoms. The molecule has 31 heavy (non-hydrogen) atoms. The second-order valence-corrected chi connectivity index (χ2v) is 10.9. The van der Waals surface area contributed by atoms with E-state index in [0.29, 0.717) is 12.1 Å². The van der Waals surface area contributed by atoms with Crippen LogP contribution in [0.3, 0.4) is 0 Å². The van der Waals surface area contributed by atoms with Crippen LogP contribution in [0, 0.1) is 23.1 Å². The van der Waals surface area contributed by atoms with Crippen molar-refractivity contribution in [2.24, 2.45) is 5.92 Å². The minimum Gasteiger partial charge on any atom is -0.371 e. The van der Waals surface area contributed by atoms with Gasteiger partial charge in [-0.25, -0.2) is 12.8 Å².